The molecule has 2 fully saturated rings. The van der Waals surface area contributed by atoms with Crippen molar-refractivity contribution in [2.24, 2.45) is 0 Å². The number of nitrogens with one attached hydrogen (secondary N) is 5. The summed E-state index contributed by atoms with van der Waals surface area (Å²) >= 11 is 0. The molecule has 5 heteroatoms. The van der Waals surface area contributed by atoms with Gasteiger partial charge < -0.3 is 21.3 Å². The Balaban J connectivity index is 0.000000124. The highest BCUT2D eigenvalue weighted by molar-refractivity contribution is 5.22. The Labute approximate surface area is 90.4 Å². The summed E-state index contributed by atoms with van der Waals surface area (Å²) in [6.45, 7) is 5.42. The van der Waals surface area contributed by atoms with Crippen molar-refractivity contribution in [2.75, 3.05) is 32.8 Å². The zero-order chi connectivity index (χ0) is 10.3. The van der Waals surface area contributed by atoms with Crippen molar-refractivity contribution < 1.29 is 0 Å². The molecule has 3 aliphatic heterocycles. The van der Waals surface area contributed by atoms with Crippen LogP contribution in [0.5, 0.6) is 0 Å². The van der Waals surface area contributed by atoms with Gasteiger partial charge in [-0.3, -0.25) is 5.32 Å². The van der Waals surface area contributed by atoms with Crippen LogP contribution < -0.4 is 26.6 Å². The predicted octanol–water partition coefficient (Wildman–Crippen LogP) is -1.36. The maximum atomic E-state index is 3.22. The molecule has 0 aromatic rings. The number of rotatable bonds is 0. The smallest absolute Gasteiger partial charge is 0.119 e. The Hall–Kier alpha value is -1.04. The molecule has 84 valence electrons. The summed E-state index contributed by atoms with van der Waals surface area (Å²) in [5.41, 5.74) is 1.23. The molecule has 0 radical (unpaired) electrons. The summed E-state index contributed by atoms with van der Waals surface area (Å²) in [6, 6.07) is 0. The second-order valence-corrected chi connectivity index (χ2v) is 3.64. The van der Waals surface area contributed by atoms with Crippen molar-refractivity contribution in [1.82, 2.24) is 26.6 Å². The number of hydrogen-bond acceptors (Lipinski definition) is 5. The first-order chi connectivity index (χ1) is 7.47. The average Bonchev–Trinajstić information content (AvgIpc) is 2.80. The Morgan fingerprint density at radius 2 is 1.80 bits per heavy atom. The van der Waals surface area contributed by atoms with Gasteiger partial charge in [-0.25, -0.2) is 0 Å². The van der Waals surface area contributed by atoms with E-state index in [1.807, 2.05) is 12.3 Å². The van der Waals surface area contributed by atoms with E-state index in [1.54, 1.807) is 0 Å². The van der Waals surface area contributed by atoms with Gasteiger partial charge in [0.25, 0.3) is 0 Å². The molecule has 3 heterocycles. The van der Waals surface area contributed by atoms with Gasteiger partial charge in [0.2, 0.25) is 0 Å². The molecule has 0 spiro atoms. The van der Waals surface area contributed by atoms with Crippen LogP contribution in [-0.4, -0.2) is 39.0 Å². The van der Waals surface area contributed by atoms with Crippen molar-refractivity contribution in [3.63, 3.8) is 0 Å². The number of piperazine rings is 1. The first-order valence-corrected chi connectivity index (χ1v) is 5.48. The molecule has 5 N–H and O–H groups in total. The van der Waals surface area contributed by atoms with E-state index in [0.717, 1.165) is 32.8 Å². The molecule has 0 amide bonds. The van der Waals surface area contributed by atoms with E-state index in [-0.39, 0.29) is 0 Å². The van der Waals surface area contributed by atoms with E-state index in [0.29, 0.717) is 6.17 Å². The molecular formula is C10H19N5. The lowest BCUT2D eigenvalue weighted by Crippen LogP contribution is -2.39. The molecule has 3 aliphatic rings. The molecule has 3 rings (SSSR count). The maximum absolute atomic E-state index is 3.22. The molecule has 0 aromatic heterocycles. The molecule has 0 aromatic carbocycles. The van der Waals surface area contributed by atoms with Crippen LogP contribution in [0.1, 0.15) is 0 Å². The predicted molar refractivity (Wildman–Crippen MR) is 61.0 cm³/mol. The molecule has 5 nitrogen and oxygen atoms in total. The lowest BCUT2D eigenvalue weighted by Gasteiger charge is -2.13. The highest BCUT2D eigenvalue weighted by Crippen LogP contribution is 2.04. The van der Waals surface area contributed by atoms with Gasteiger partial charge in [0.1, 0.15) is 6.17 Å². The second-order valence-electron chi connectivity index (χ2n) is 3.64. The zero-order valence-corrected chi connectivity index (χ0v) is 8.84. The van der Waals surface area contributed by atoms with Crippen LogP contribution in [0.2, 0.25) is 0 Å². The minimum absolute atomic E-state index is 0.329. The zero-order valence-electron chi connectivity index (χ0n) is 8.84. The number of allylic oxidation sites excluding steroid dienone is 2. The number of fused-ring (bicyclic) bond motifs is 1. The van der Waals surface area contributed by atoms with Crippen LogP contribution in [0.15, 0.2) is 24.0 Å². The van der Waals surface area contributed by atoms with E-state index in [2.05, 4.69) is 32.7 Å². The summed E-state index contributed by atoms with van der Waals surface area (Å²) in [4.78, 5) is 0. The molecule has 0 bridgehead atoms. The largest absolute Gasteiger partial charge is 0.373 e. The first kappa shape index (κ1) is 10.5. The van der Waals surface area contributed by atoms with E-state index in [9.17, 15) is 0 Å². The quantitative estimate of drug-likeness (QED) is 0.341. The summed E-state index contributed by atoms with van der Waals surface area (Å²) < 4.78 is 0. The third kappa shape index (κ3) is 3.23. The fourth-order valence-electron chi connectivity index (χ4n) is 1.68. The molecule has 1 atom stereocenters. The standard InChI is InChI=1S/C6H9N3.C4H10N2/c1-2-5-6(7-3-1)9-4-8-5;1-2-6-4-3-5-1/h1-3,6-9H,4H2;5-6H,1-4H2. The fraction of sp³-hybridized carbons (Fsp3) is 0.600. The number of dihydropyridines is 1. The molecule has 15 heavy (non-hydrogen) atoms. The van der Waals surface area contributed by atoms with Gasteiger partial charge >= 0.3 is 0 Å². The van der Waals surface area contributed by atoms with Crippen molar-refractivity contribution in [1.29, 1.82) is 0 Å². The average molecular weight is 209 g/mol. The summed E-state index contributed by atoms with van der Waals surface area (Å²) in [7, 11) is 0. The summed E-state index contributed by atoms with van der Waals surface area (Å²) in [5.74, 6) is 0. The van der Waals surface area contributed by atoms with Crippen molar-refractivity contribution in [3.05, 3.63) is 24.0 Å². The van der Waals surface area contributed by atoms with Gasteiger partial charge in [0.15, 0.2) is 0 Å². The molecular weight excluding hydrogens is 190 g/mol. The molecule has 2 saturated heterocycles. The SMILES string of the molecule is C1=CNC2NCNC2=C1.C1CNCCN1. The van der Waals surface area contributed by atoms with E-state index in [4.69, 9.17) is 0 Å². The Kier molecular flexibility index (Phi) is 4.01. The Morgan fingerprint density at radius 1 is 1.07 bits per heavy atom. The van der Waals surface area contributed by atoms with Gasteiger partial charge in [-0.2, -0.15) is 0 Å². The minimum atomic E-state index is 0.329. The fourth-order valence-corrected chi connectivity index (χ4v) is 1.68. The maximum Gasteiger partial charge on any atom is 0.119 e. The Morgan fingerprint density at radius 3 is 2.40 bits per heavy atom. The van der Waals surface area contributed by atoms with Crippen LogP contribution >= 0.6 is 0 Å². The van der Waals surface area contributed by atoms with Crippen molar-refractivity contribution in [2.45, 2.75) is 6.17 Å². The second kappa shape index (κ2) is 5.75. The van der Waals surface area contributed by atoms with Gasteiger partial charge in [-0.1, -0.05) is 0 Å². The van der Waals surface area contributed by atoms with Crippen LogP contribution in [0.4, 0.5) is 0 Å². The first-order valence-electron chi connectivity index (χ1n) is 5.48. The highest BCUT2D eigenvalue weighted by atomic mass is 15.3. The third-order valence-corrected chi connectivity index (χ3v) is 2.50. The monoisotopic (exact) mass is 209 g/mol. The Bertz CT molecular complexity index is 233. The van der Waals surface area contributed by atoms with Gasteiger partial charge in [-0.05, 0) is 18.4 Å². The molecule has 0 aliphatic carbocycles. The van der Waals surface area contributed by atoms with Crippen LogP contribution in [-0.2, 0) is 0 Å². The topological polar surface area (TPSA) is 60.1 Å². The van der Waals surface area contributed by atoms with Gasteiger partial charge in [-0.15, -0.1) is 0 Å². The normalized spacial score (nSPS) is 27.7. The van der Waals surface area contributed by atoms with Crippen LogP contribution in [0.3, 0.4) is 0 Å². The van der Waals surface area contributed by atoms with Gasteiger partial charge in [0, 0.05) is 31.9 Å². The van der Waals surface area contributed by atoms with Gasteiger partial charge in [0.05, 0.1) is 6.67 Å². The van der Waals surface area contributed by atoms with E-state index < -0.39 is 0 Å². The van der Waals surface area contributed by atoms with E-state index >= 15 is 0 Å². The van der Waals surface area contributed by atoms with Crippen LogP contribution in [0, 0.1) is 0 Å². The lowest BCUT2D eigenvalue weighted by atomic mass is 10.3. The van der Waals surface area contributed by atoms with Crippen molar-refractivity contribution >= 4 is 0 Å². The molecule has 0 saturated carbocycles. The van der Waals surface area contributed by atoms with Crippen molar-refractivity contribution in [3.8, 4) is 0 Å². The highest BCUT2D eigenvalue weighted by Gasteiger charge is 2.18. The van der Waals surface area contributed by atoms with E-state index in [1.165, 1.54) is 5.70 Å². The number of hydrogen-bond donors (Lipinski definition) is 5. The summed E-state index contributed by atoms with van der Waals surface area (Å²) in [5, 5.41) is 16.0. The van der Waals surface area contributed by atoms with Crippen LogP contribution in [0.25, 0.3) is 0 Å². The third-order valence-electron chi connectivity index (χ3n) is 2.50. The molecule has 1 unspecified atom stereocenters. The summed E-state index contributed by atoms with van der Waals surface area (Å²) in [6.07, 6.45) is 6.33. The lowest BCUT2D eigenvalue weighted by molar-refractivity contribution is 0.534. The minimum Gasteiger partial charge on any atom is -0.373 e.